The fraction of sp³-hybridized carbons (Fsp3) is 0.667. The lowest BCUT2D eigenvalue weighted by molar-refractivity contribution is -0.111. The molecule has 0 saturated heterocycles. The largest absolute Gasteiger partial charge is 0.280 e. The molecule has 0 aliphatic rings. The molecule has 7 heteroatoms. The predicted molar refractivity (Wildman–Crippen MR) is 40.1 cm³/mol. The van der Waals surface area contributed by atoms with Gasteiger partial charge in [-0.25, -0.2) is 8.42 Å². The maximum atomic E-state index is 10.2. The highest BCUT2D eigenvalue weighted by atomic mass is 35.7. The Morgan fingerprint density at radius 3 is 2.00 bits per heavy atom. The zero-order chi connectivity index (χ0) is 8.36. The van der Waals surface area contributed by atoms with Crippen molar-refractivity contribution in [1.82, 2.24) is 0 Å². The molecule has 0 saturated carbocycles. The number of alkyl halides is 1. The number of halogens is 3. The monoisotopic (exact) mass is 224 g/mol. The molecule has 0 aliphatic carbocycles. The van der Waals surface area contributed by atoms with Crippen molar-refractivity contribution in [3.63, 3.8) is 0 Å². The van der Waals surface area contributed by atoms with Gasteiger partial charge < -0.3 is 0 Å². The average molecular weight is 225 g/mol. The van der Waals surface area contributed by atoms with Crippen LogP contribution < -0.4 is 0 Å². The van der Waals surface area contributed by atoms with Crippen LogP contribution in [0, 0.1) is 0 Å². The fourth-order valence-electron chi connectivity index (χ4n) is 0.240. The molecular formula is C3H3Cl3O3S. The van der Waals surface area contributed by atoms with Crippen LogP contribution in [0.3, 0.4) is 0 Å². The minimum absolute atomic E-state index is 0.640. The van der Waals surface area contributed by atoms with Gasteiger partial charge in [-0.3, -0.25) is 4.79 Å². The van der Waals surface area contributed by atoms with Crippen LogP contribution in [0.4, 0.5) is 0 Å². The smallest absolute Gasteiger partial charge is 0.240 e. The number of carbonyl (C=O) groups is 1. The summed E-state index contributed by atoms with van der Waals surface area (Å²) >= 11 is 10.00. The molecule has 0 N–H and O–H groups in total. The third kappa shape index (κ3) is 5.29. The summed E-state index contributed by atoms with van der Waals surface area (Å²) < 4.78 is 20.4. The summed E-state index contributed by atoms with van der Waals surface area (Å²) in [5.74, 6) is -0.640. The van der Waals surface area contributed by atoms with E-state index in [9.17, 15) is 13.2 Å². The lowest BCUT2D eigenvalue weighted by Gasteiger charge is -1.97. The molecule has 0 aromatic carbocycles. The van der Waals surface area contributed by atoms with E-state index in [0.29, 0.717) is 0 Å². The topological polar surface area (TPSA) is 51.2 Å². The van der Waals surface area contributed by atoms with Gasteiger partial charge in [-0.2, -0.15) is 0 Å². The lowest BCUT2D eigenvalue weighted by Crippen LogP contribution is -2.17. The highest BCUT2D eigenvalue weighted by molar-refractivity contribution is 8.13. The van der Waals surface area contributed by atoms with Crippen LogP contribution in [-0.2, 0) is 13.8 Å². The van der Waals surface area contributed by atoms with Gasteiger partial charge in [-0.1, -0.05) is 0 Å². The van der Waals surface area contributed by atoms with Crippen molar-refractivity contribution in [2.75, 3.05) is 5.75 Å². The average Bonchev–Trinajstić information content (AvgIpc) is 1.60. The molecular weight excluding hydrogens is 222 g/mol. The van der Waals surface area contributed by atoms with E-state index in [2.05, 4.69) is 0 Å². The van der Waals surface area contributed by atoms with Crippen LogP contribution in [0.5, 0.6) is 0 Å². The van der Waals surface area contributed by atoms with Crippen molar-refractivity contribution in [2.45, 2.75) is 5.38 Å². The van der Waals surface area contributed by atoms with Gasteiger partial charge in [0.25, 0.3) is 0 Å². The lowest BCUT2D eigenvalue weighted by atomic mass is 10.5. The Hall–Kier alpha value is 0.490. The van der Waals surface area contributed by atoms with Gasteiger partial charge >= 0.3 is 0 Å². The van der Waals surface area contributed by atoms with Crippen LogP contribution >= 0.6 is 33.9 Å². The highest BCUT2D eigenvalue weighted by Gasteiger charge is 2.19. The minimum Gasteiger partial charge on any atom is -0.280 e. The predicted octanol–water partition coefficient (Wildman–Crippen LogP) is 0.928. The zero-order valence-corrected chi connectivity index (χ0v) is 7.64. The molecule has 0 aliphatic heterocycles. The first-order chi connectivity index (χ1) is 4.33. The first-order valence-corrected chi connectivity index (χ1v) is 5.38. The van der Waals surface area contributed by atoms with Crippen LogP contribution in [-0.4, -0.2) is 24.8 Å². The molecule has 0 heterocycles. The van der Waals surface area contributed by atoms with E-state index in [1.165, 1.54) is 0 Å². The van der Waals surface area contributed by atoms with Crippen molar-refractivity contribution in [1.29, 1.82) is 0 Å². The molecule has 0 fully saturated rings. The molecule has 60 valence electrons. The minimum atomic E-state index is -3.73. The molecule has 0 aromatic heterocycles. The van der Waals surface area contributed by atoms with Gasteiger partial charge in [-0.15, -0.1) is 11.6 Å². The second-order valence-corrected chi connectivity index (χ2v) is 5.20. The van der Waals surface area contributed by atoms with E-state index in [1.54, 1.807) is 0 Å². The quantitative estimate of drug-likeness (QED) is 0.530. The van der Waals surface area contributed by atoms with Gasteiger partial charge in [-0.05, 0) is 11.6 Å². The summed E-state index contributed by atoms with van der Waals surface area (Å²) in [4.78, 5) is 10.1. The summed E-state index contributed by atoms with van der Waals surface area (Å²) in [5.41, 5.74) is 0. The Kier molecular flexibility index (Phi) is 3.94. The number of hydrogen-bond donors (Lipinski definition) is 0. The molecule has 0 bridgehead atoms. The zero-order valence-electron chi connectivity index (χ0n) is 4.55. The van der Waals surface area contributed by atoms with E-state index in [-0.39, 0.29) is 0 Å². The molecule has 0 radical (unpaired) electrons. The molecule has 10 heavy (non-hydrogen) atoms. The Bertz CT molecular complexity index is 221. The highest BCUT2D eigenvalue weighted by Crippen LogP contribution is 2.07. The molecule has 0 aromatic rings. The molecule has 1 atom stereocenters. The Morgan fingerprint density at radius 1 is 1.50 bits per heavy atom. The van der Waals surface area contributed by atoms with Gasteiger partial charge in [0.1, 0.15) is 5.38 Å². The Labute approximate surface area is 72.7 Å². The first-order valence-electron chi connectivity index (χ1n) is 2.08. The van der Waals surface area contributed by atoms with Gasteiger partial charge in [0.2, 0.25) is 14.3 Å². The van der Waals surface area contributed by atoms with Crippen LogP contribution in [0.15, 0.2) is 0 Å². The second-order valence-electron chi connectivity index (χ2n) is 1.48. The van der Waals surface area contributed by atoms with E-state index in [0.717, 1.165) is 0 Å². The maximum absolute atomic E-state index is 10.2. The van der Waals surface area contributed by atoms with Crippen LogP contribution in [0.1, 0.15) is 0 Å². The summed E-state index contributed by atoms with van der Waals surface area (Å²) in [6.07, 6.45) is 0. The number of carbonyl (C=O) groups excluding carboxylic acids is 1. The summed E-state index contributed by atoms with van der Waals surface area (Å²) in [6.45, 7) is 0. The summed E-state index contributed by atoms with van der Waals surface area (Å²) in [7, 11) is 1.02. The van der Waals surface area contributed by atoms with Crippen molar-refractivity contribution in [2.24, 2.45) is 0 Å². The van der Waals surface area contributed by atoms with Gasteiger partial charge in [0, 0.05) is 10.7 Å². The molecule has 0 spiro atoms. The van der Waals surface area contributed by atoms with Crippen LogP contribution in [0.25, 0.3) is 0 Å². The third-order valence-electron chi connectivity index (χ3n) is 0.592. The Morgan fingerprint density at radius 2 is 1.90 bits per heavy atom. The van der Waals surface area contributed by atoms with E-state index in [1.807, 2.05) is 0 Å². The fourth-order valence-corrected chi connectivity index (χ4v) is 1.98. The van der Waals surface area contributed by atoms with Crippen molar-refractivity contribution < 1.29 is 13.2 Å². The first kappa shape index (κ1) is 10.5. The Balaban J connectivity index is 4.06. The molecule has 1 unspecified atom stereocenters. The van der Waals surface area contributed by atoms with Gasteiger partial charge in [0.15, 0.2) is 0 Å². The van der Waals surface area contributed by atoms with E-state index in [4.69, 9.17) is 33.9 Å². The second kappa shape index (κ2) is 3.76. The summed E-state index contributed by atoms with van der Waals surface area (Å²) in [5, 5.41) is -2.19. The standard InChI is InChI=1S/C3H3Cl3O3S/c4-2(3(5)7)1-10(6,8)9/h2H,1H2. The number of rotatable bonds is 3. The van der Waals surface area contributed by atoms with Crippen LogP contribution in [0.2, 0.25) is 0 Å². The SMILES string of the molecule is O=C(Cl)C(Cl)CS(=O)(=O)Cl. The maximum Gasteiger partial charge on any atom is 0.240 e. The normalized spacial score (nSPS) is 14.7. The van der Waals surface area contributed by atoms with Crippen molar-refractivity contribution in [3.05, 3.63) is 0 Å². The van der Waals surface area contributed by atoms with Gasteiger partial charge in [0.05, 0.1) is 5.75 Å². The molecule has 3 nitrogen and oxygen atoms in total. The van der Waals surface area contributed by atoms with Crippen molar-refractivity contribution >= 4 is 48.2 Å². The van der Waals surface area contributed by atoms with Crippen molar-refractivity contribution in [3.8, 4) is 0 Å². The van der Waals surface area contributed by atoms with E-state index >= 15 is 0 Å². The summed E-state index contributed by atoms with van der Waals surface area (Å²) in [6, 6.07) is 0. The van der Waals surface area contributed by atoms with E-state index < -0.39 is 25.4 Å². The number of hydrogen-bond acceptors (Lipinski definition) is 3. The molecule has 0 rings (SSSR count). The molecule has 0 amide bonds. The third-order valence-corrected chi connectivity index (χ3v) is 2.61.